The molecule has 1 aliphatic heterocycles. The SMILES string of the molecule is O=C1NC(=O)C2(N1)c1ccccc1-c1ccc(C(=O)O)cc12. The van der Waals surface area contributed by atoms with Crippen molar-refractivity contribution in [1.29, 1.82) is 0 Å². The highest BCUT2D eigenvalue weighted by atomic mass is 16.4. The number of hydrogen-bond acceptors (Lipinski definition) is 3. The number of carboxylic acid groups (broad SMARTS) is 1. The maximum Gasteiger partial charge on any atom is 0.335 e. The number of rotatable bonds is 1. The molecule has 4 rings (SSSR count). The number of amides is 3. The first-order valence-electron chi connectivity index (χ1n) is 6.65. The van der Waals surface area contributed by atoms with Crippen molar-refractivity contribution >= 4 is 17.9 Å². The van der Waals surface area contributed by atoms with E-state index in [0.29, 0.717) is 11.1 Å². The molecule has 1 unspecified atom stereocenters. The van der Waals surface area contributed by atoms with Crippen molar-refractivity contribution in [3.05, 3.63) is 59.2 Å². The van der Waals surface area contributed by atoms with Crippen LogP contribution in [0.25, 0.3) is 11.1 Å². The molecule has 6 heteroatoms. The van der Waals surface area contributed by atoms with E-state index in [1.807, 2.05) is 12.1 Å². The second-order valence-corrected chi connectivity index (χ2v) is 5.27. The zero-order valence-electron chi connectivity index (χ0n) is 11.2. The smallest absolute Gasteiger partial charge is 0.335 e. The molecule has 1 heterocycles. The van der Waals surface area contributed by atoms with E-state index >= 15 is 0 Å². The van der Waals surface area contributed by atoms with Gasteiger partial charge in [-0.15, -0.1) is 0 Å². The van der Waals surface area contributed by atoms with Gasteiger partial charge >= 0.3 is 12.0 Å². The molecule has 1 fully saturated rings. The van der Waals surface area contributed by atoms with Crippen molar-refractivity contribution in [2.75, 3.05) is 0 Å². The van der Waals surface area contributed by atoms with Crippen LogP contribution in [0.5, 0.6) is 0 Å². The molecule has 0 aromatic heterocycles. The molecule has 1 aliphatic carbocycles. The number of carboxylic acids is 1. The molecule has 2 aliphatic rings. The highest BCUT2D eigenvalue weighted by Crippen LogP contribution is 2.48. The molecule has 6 nitrogen and oxygen atoms in total. The maximum absolute atomic E-state index is 12.5. The van der Waals surface area contributed by atoms with Crippen molar-refractivity contribution in [3.63, 3.8) is 0 Å². The largest absolute Gasteiger partial charge is 0.478 e. The van der Waals surface area contributed by atoms with Crippen LogP contribution in [0, 0.1) is 0 Å². The molecule has 1 spiro atoms. The molecule has 1 saturated heterocycles. The van der Waals surface area contributed by atoms with E-state index in [-0.39, 0.29) is 5.56 Å². The van der Waals surface area contributed by atoms with E-state index < -0.39 is 23.4 Å². The number of carbonyl (C=O) groups excluding carboxylic acids is 2. The second-order valence-electron chi connectivity index (χ2n) is 5.27. The zero-order chi connectivity index (χ0) is 15.5. The summed E-state index contributed by atoms with van der Waals surface area (Å²) in [4.78, 5) is 35.4. The fourth-order valence-corrected chi connectivity index (χ4v) is 3.25. The Balaban J connectivity index is 2.08. The molecular formula is C16H10N2O4. The number of hydrogen-bond donors (Lipinski definition) is 3. The molecule has 0 radical (unpaired) electrons. The molecule has 108 valence electrons. The van der Waals surface area contributed by atoms with Crippen molar-refractivity contribution < 1.29 is 19.5 Å². The lowest BCUT2D eigenvalue weighted by Crippen LogP contribution is -2.43. The number of aromatic carboxylic acids is 1. The third kappa shape index (κ3) is 1.36. The Hall–Kier alpha value is -3.15. The van der Waals surface area contributed by atoms with Crippen LogP contribution in [0.4, 0.5) is 4.79 Å². The van der Waals surface area contributed by atoms with Crippen LogP contribution in [0.2, 0.25) is 0 Å². The minimum Gasteiger partial charge on any atom is -0.478 e. The number of carbonyl (C=O) groups is 3. The summed E-state index contributed by atoms with van der Waals surface area (Å²) >= 11 is 0. The van der Waals surface area contributed by atoms with Crippen molar-refractivity contribution in [2.24, 2.45) is 0 Å². The van der Waals surface area contributed by atoms with Gasteiger partial charge in [0.15, 0.2) is 5.54 Å². The maximum atomic E-state index is 12.5. The standard InChI is InChI=1S/C16H10N2O4/c19-13(20)8-5-6-10-9-3-1-2-4-11(9)16(12(10)7-8)14(21)17-15(22)18-16/h1-7H,(H,19,20)(H2,17,18,21,22). The van der Waals surface area contributed by atoms with Gasteiger partial charge in [-0.2, -0.15) is 0 Å². The van der Waals surface area contributed by atoms with E-state index in [9.17, 15) is 19.5 Å². The molecule has 3 N–H and O–H groups in total. The number of imide groups is 1. The third-order valence-corrected chi connectivity index (χ3v) is 4.16. The molecule has 2 aromatic carbocycles. The normalized spacial score (nSPS) is 21.3. The van der Waals surface area contributed by atoms with Crippen LogP contribution in [-0.4, -0.2) is 23.0 Å². The molecule has 3 amide bonds. The first kappa shape index (κ1) is 12.6. The Morgan fingerprint density at radius 3 is 2.41 bits per heavy atom. The summed E-state index contributed by atoms with van der Waals surface area (Å²) < 4.78 is 0. The van der Waals surface area contributed by atoms with Gasteiger partial charge in [0.1, 0.15) is 0 Å². The van der Waals surface area contributed by atoms with Gasteiger partial charge in [-0.3, -0.25) is 10.1 Å². The van der Waals surface area contributed by atoms with Crippen molar-refractivity contribution in [3.8, 4) is 11.1 Å². The number of nitrogens with one attached hydrogen (secondary N) is 2. The van der Waals surface area contributed by atoms with E-state index in [4.69, 9.17) is 0 Å². The van der Waals surface area contributed by atoms with Gasteiger partial charge in [0, 0.05) is 5.56 Å². The van der Waals surface area contributed by atoms with Gasteiger partial charge in [0.25, 0.3) is 5.91 Å². The van der Waals surface area contributed by atoms with Crippen LogP contribution in [0.1, 0.15) is 21.5 Å². The predicted molar refractivity (Wildman–Crippen MR) is 76.3 cm³/mol. The Kier molecular flexibility index (Phi) is 2.25. The Labute approximate surface area is 124 Å². The molecule has 2 aromatic rings. The van der Waals surface area contributed by atoms with Gasteiger partial charge in [-0.25, -0.2) is 9.59 Å². The number of urea groups is 1. The van der Waals surface area contributed by atoms with Crippen LogP contribution < -0.4 is 10.6 Å². The van der Waals surface area contributed by atoms with Crippen LogP contribution in [0.15, 0.2) is 42.5 Å². The lowest BCUT2D eigenvalue weighted by Gasteiger charge is -2.23. The number of fused-ring (bicyclic) bond motifs is 5. The fraction of sp³-hybridized carbons (Fsp3) is 0.0625. The lowest BCUT2D eigenvalue weighted by atomic mass is 9.87. The van der Waals surface area contributed by atoms with Crippen molar-refractivity contribution in [1.82, 2.24) is 10.6 Å². The van der Waals surface area contributed by atoms with Gasteiger partial charge in [-0.1, -0.05) is 30.3 Å². The molecular weight excluding hydrogens is 284 g/mol. The quantitative estimate of drug-likeness (QED) is 0.694. The Bertz CT molecular complexity index is 874. The highest BCUT2D eigenvalue weighted by Gasteiger charge is 2.54. The average molecular weight is 294 g/mol. The molecule has 0 saturated carbocycles. The van der Waals surface area contributed by atoms with Gasteiger partial charge < -0.3 is 10.4 Å². The van der Waals surface area contributed by atoms with Crippen LogP contribution in [0.3, 0.4) is 0 Å². The monoisotopic (exact) mass is 294 g/mol. The summed E-state index contributed by atoms with van der Waals surface area (Å²) in [5.41, 5.74) is 1.41. The first-order valence-corrected chi connectivity index (χ1v) is 6.65. The zero-order valence-corrected chi connectivity index (χ0v) is 11.2. The topological polar surface area (TPSA) is 95.5 Å². The minimum atomic E-state index is -1.35. The van der Waals surface area contributed by atoms with Gasteiger partial charge in [0.2, 0.25) is 0 Å². The minimum absolute atomic E-state index is 0.0693. The first-order chi connectivity index (χ1) is 10.5. The summed E-state index contributed by atoms with van der Waals surface area (Å²) in [6.07, 6.45) is 0. The third-order valence-electron chi connectivity index (χ3n) is 4.16. The van der Waals surface area contributed by atoms with E-state index in [1.54, 1.807) is 18.2 Å². The van der Waals surface area contributed by atoms with E-state index in [2.05, 4.69) is 10.6 Å². The highest BCUT2D eigenvalue weighted by molar-refractivity contribution is 6.13. The summed E-state index contributed by atoms with van der Waals surface area (Å²) in [6.45, 7) is 0. The predicted octanol–water partition coefficient (Wildman–Crippen LogP) is 1.45. The average Bonchev–Trinajstić information content (AvgIpc) is 2.96. The van der Waals surface area contributed by atoms with Crippen molar-refractivity contribution in [2.45, 2.75) is 5.54 Å². The van der Waals surface area contributed by atoms with E-state index in [0.717, 1.165) is 11.1 Å². The van der Waals surface area contributed by atoms with Gasteiger partial charge in [0.05, 0.1) is 5.56 Å². The van der Waals surface area contributed by atoms with Gasteiger partial charge in [-0.05, 0) is 28.8 Å². The summed E-state index contributed by atoms with van der Waals surface area (Å²) in [5, 5.41) is 14.1. The molecule has 1 atom stereocenters. The van der Waals surface area contributed by atoms with E-state index in [1.165, 1.54) is 12.1 Å². The second kappa shape index (κ2) is 3.94. The Morgan fingerprint density at radius 2 is 1.73 bits per heavy atom. The van der Waals surface area contributed by atoms with Crippen LogP contribution >= 0.6 is 0 Å². The molecule has 0 bridgehead atoms. The summed E-state index contributed by atoms with van der Waals surface area (Å²) in [6, 6.07) is 11.2. The number of benzene rings is 2. The van der Waals surface area contributed by atoms with Crippen LogP contribution in [-0.2, 0) is 10.3 Å². The lowest BCUT2D eigenvalue weighted by molar-refractivity contribution is -0.122. The fourth-order valence-electron chi connectivity index (χ4n) is 3.25. The summed E-state index contributed by atoms with van der Waals surface area (Å²) in [5.74, 6) is -1.58. The Morgan fingerprint density at radius 1 is 1.00 bits per heavy atom. The molecule has 22 heavy (non-hydrogen) atoms. The summed E-state index contributed by atoms with van der Waals surface area (Å²) in [7, 11) is 0.